The molecule has 1 aromatic carbocycles. The van der Waals surface area contributed by atoms with Crippen molar-refractivity contribution in [2.75, 3.05) is 11.9 Å². The van der Waals surface area contributed by atoms with Gasteiger partial charge in [-0.3, -0.25) is 4.79 Å². The maximum Gasteiger partial charge on any atom is 0.232 e. The zero-order chi connectivity index (χ0) is 12.8. The van der Waals surface area contributed by atoms with Crippen molar-refractivity contribution in [3.63, 3.8) is 0 Å². The first-order valence-corrected chi connectivity index (χ1v) is 6.14. The molecule has 0 N–H and O–H groups in total. The van der Waals surface area contributed by atoms with Crippen LogP contribution in [-0.2, 0) is 10.2 Å². The zero-order valence-corrected chi connectivity index (χ0v) is 10.3. The van der Waals surface area contributed by atoms with E-state index in [1.807, 2.05) is 36.4 Å². The highest BCUT2D eigenvalue weighted by Gasteiger charge is 2.51. The van der Waals surface area contributed by atoms with Crippen LogP contribution in [0.2, 0.25) is 0 Å². The van der Waals surface area contributed by atoms with Gasteiger partial charge in [-0.15, -0.1) is 0 Å². The summed E-state index contributed by atoms with van der Waals surface area (Å²) in [5.74, 6) is -0.188. The largest absolute Gasteiger partial charge is 0.315 e. The number of anilines is 1. The van der Waals surface area contributed by atoms with Crippen molar-refractivity contribution in [3.05, 3.63) is 42.0 Å². The number of hydrogen-bond acceptors (Lipinski definition) is 2. The molecule has 1 amide bonds. The molecule has 1 aromatic rings. The quantitative estimate of drug-likeness (QED) is 0.651. The average Bonchev–Trinajstić information content (AvgIpc) is 2.44. The van der Waals surface area contributed by atoms with Gasteiger partial charge < -0.3 is 4.90 Å². The summed E-state index contributed by atoms with van der Waals surface area (Å²) in [5, 5.41) is 9.67. The van der Waals surface area contributed by atoms with E-state index in [-0.39, 0.29) is 11.8 Å². The van der Waals surface area contributed by atoms with E-state index in [0.29, 0.717) is 12.8 Å². The van der Waals surface area contributed by atoms with Crippen LogP contribution >= 0.6 is 0 Å². The molecule has 18 heavy (non-hydrogen) atoms. The van der Waals surface area contributed by atoms with Gasteiger partial charge in [0.05, 0.1) is 17.4 Å². The van der Waals surface area contributed by atoms with Crippen molar-refractivity contribution < 1.29 is 4.79 Å². The van der Waals surface area contributed by atoms with Gasteiger partial charge >= 0.3 is 0 Å². The van der Waals surface area contributed by atoms with Gasteiger partial charge in [0.15, 0.2) is 0 Å². The standard InChI is InChI=1S/C15H14N2O/c1-17-13-8-3-2-6-11(13)15(10-16)9-5-4-7-12(15)14(17)18/h2-6,8,12H,7,9H2,1H3/t12-,15-/m1/s1. The first-order chi connectivity index (χ1) is 8.70. The van der Waals surface area contributed by atoms with Gasteiger partial charge in [0, 0.05) is 12.7 Å². The first kappa shape index (κ1) is 11.0. The topological polar surface area (TPSA) is 44.1 Å². The molecular weight excluding hydrogens is 224 g/mol. The van der Waals surface area contributed by atoms with Gasteiger partial charge in [-0.05, 0) is 24.5 Å². The first-order valence-electron chi connectivity index (χ1n) is 6.14. The summed E-state index contributed by atoms with van der Waals surface area (Å²) in [7, 11) is 1.79. The third-order valence-electron chi connectivity index (χ3n) is 4.15. The van der Waals surface area contributed by atoms with Crippen molar-refractivity contribution in [3.8, 4) is 6.07 Å². The van der Waals surface area contributed by atoms with Crippen LogP contribution in [0, 0.1) is 17.2 Å². The summed E-state index contributed by atoms with van der Waals surface area (Å²) in [4.78, 5) is 14.1. The Kier molecular flexibility index (Phi) is 2.27. The van der Waals surface area contributed by atoms with E-state index in [2.05, 4.69) is 6.07 Å². The lowest BCUT2D eigenvalue weighted by Gasteiger charge is -2.44. The third-order valence-corrected chi connectivity index (χ3v) is 4.15. The monoisotopic (exact) mass is 238 g/mol. The Morgan fingerprint density at radius 1 is 1.39 bits per heavy atom. The number of amides is 1. The Bertz CT molecular complexity index is 584. The van der Waals surface area contributed by atoms with E-state index in [1.54, 1.807) is 11.9 Å². The molecule has 2 atom stereocenters. The number of hydrogen-bond donors (Lipinski definition) is 0. The van der Waals surface area contributed by atoms with Crippen LogP contribution in [0.4, 0.5) is 5.69 Å². The molecule has 1 aliphatic carbocycles. The summed E-state index contributed by atoms with van der Waals surface area (Å²) in [6.45, 7) is 0. The molecule has 2 aliphatic rings. The minimum atomic E-state index is -0.672. The van der Waals surface area contributed by atoms with E-state index in [9.17, 15) is 10.1 Å². The minimum absolute atomic E-state index is 0.0552. The maximum absolute atomic E-state index is 12.4. The fraction of sp³-hybridized carbons (Fsp3) is 0.333. The summed E-state index contributed by atoms with van der Waals surface area (Å²) in [6.07, 6.45) is 5.32. The van der Waals surface area contributed by atoms with Crippen molar-refractivity contribution in [1.29, 1.82) is 5.26 Å². The van der Waals surface area contributed by atoms with Gasteiger partial charge in [-0.2, -0.15) is 5.26 Å². The molecule has 0 fully saturated rings. The molecule has 1 heterocycles. The fourth-order valence-corrected chi connectivity index (χ4v) is 3.13. The number of nitriles is 1. The number of allylic oxidation sites excluding steroid dienone is 2. The molecule has 0 saturated carbocycles. The van der Waals surface area contributed by atoms with Gasteiger partial charge in [0.1, 0.15) is 0 Å². The van der Waals surface area contributed by atoms with Crippen LogP contribution in [0.1, 0.15) is 18.4 Å². The molecule has 0 spiro atoms. The van der Waals surface area contributed by atoms with Crippen molar-refractivity contribution in [2.24, 2.45) is 5.92 Å². The fourth-order valence-electron chi connectivity index (χ4n) is 3.13. The molecule has 90 valence electrons. The van der Waals surface area contributed by atoms with Gasteiger partial charge in [0.2, 0.25) is 5.91 Å². The lowest BCUT2D eigenvalue weighted by atomic mass is 9.62. The molecule has 0 aromatic heterocycles. The lowest BCUT2D eigenvalue weighted by molar-refractivity contribution is -0.124. The molecule has 1 aliphatic heterocycles. The molecule has 3 nitrogen and oxygen atoms in total. The smallest absolute Gasteiger partial charge is 0.232 e. The number of fused-ring (bicyclic) bond motifs is 3. The average molecular weight is 238 g/mol. The Labute approximate surface area is 106 Å². The third kappa shape index (κ3) is 1.20. The Morgan fingerprint density at radius 2 is 2.17 bits per heavy atom. The van der Waals surface area contributed by atoms with Crippen molar-refractivity contribution in [2.45, 2.75) is 18.3 Å². The van der Waals surface area contributed by atoms with Gasteiger partial charge in [-0.1, -0.05) is 30.4 Å². The van der Waals surface area contributed by atoms with E-state index in [4.69, 9.17) is 0 Å². The summed E-state index contributed by atoms with van der Waals surface area (Å²) in [5.41, 5.74) is 1.19. The molecule has 0 saturated heterocycles. The molecule has 3 heteroatoms. The molecule has 3 rings (SSSR count). The van der Waals surface area contributed by atoms with E-state index < -0.39 is 5.41 Å². The number of para-hydroxylation sites is 1. The number of carbonyl (C=O) groups excluding carboxylic acids is 1. The Morgan fingerprint density at radius 3 is 2.94 bits per heavy atom. The summed E-state index contributed by atoms with van der Waals surface area (Å²) < 4.78 is 0. The summed E-state index contributed by atoms with van der Waals surface area (Å²) >= 11 is 0. The van der Waals surface area contributed by atoms with Crippen molar-refractivity contribution >= 4 is 11.6 Å². The predicted molar refractivity (Wildman–Crippen MR) is 69.0 cm³/mol. The highest BCUT2D eigenvalue weighted by molar-refractivity contribution is 6.00. The zero-order valence-electron chi connectivity index (χ0n) is 10.3. The highest BCUT2D eigenvalue weighted by Crippen LogP contribution is 2.48. The van der Waals surface area contributed by atoms with E-state index >= 15 is 0 Å². The van der Waals surface area contributed by atoms with Crippen LogP contribution in [0.15, 0.2) is 36.4 Å². The second-order valence-electron chi connectivity index (χ2n) is 4.96. The summed E-state index contributed by atoms with van der Waals surface area (Å²) in [6, 6.07) is 10.2. The normalized spacial score (nSPS) is 29.4. The molecule has 0 unspecified atom stereocenters. The Hall–Kier alpha value is -2.08. The van der Waals surface area contributed by atoms with E-state index in [1.165, 1.54) is 0 Å². The van der Waals surface area contributed by atoms with E-state index in [0.717, 1.165) is 11.3 Å². The van der Waals surface area contributed by atoms with Crippen LogP contribution in [-0.4, -0.2) is 13.0 Å². The van der Waals surface area contributed by atoms with Gasteiger partial charge in [0.25, 0.3) is 0 Å². The number of carbonyl (C=O) groups is 1. The van der Waals surface area contributed by atoms with Crippen molar-refractivity contribution in [1.82, 2.24) is 0 Å². The predicted octanol–water partition coefficient (Wildman–Crippen LogP) is 2.39. The molecular formula is C15H14N2O. The van der Waals surface area contributed by atoms with Crippen LogP contribution in [0.5, 0.6) is 0 Å². The SMILES string of the molecule is CN1C(=O)[C@H]2CC=CC[C@@]2(C#N)c2ccccc21. The minimum Gasteiger partial charge on any atom is -0.315 e. The van der Waals surface area contributed by atoms with Crippen LogP contribution in [0.25, 0.3) is 0 Å². The number of benzene rings is 1. The highest BCUT2D eigenvalue weighted by atomic mass is 16.2. The lowest BCUT2D eigenvalue weighted by Crippen LogP contribution is -2.50. The molecule has 0 radical (unpaired) electrons. The van der Waals surface area contributed by atoms with Crippen LogP contribution < -0.4 is 4.90 Å². The second kappa shape index (κ2) is 3.71. The molecule has 0 bridgehead atoms. The maximum atomic E-state index is 12.4. The van der Waals surface area contributed by atoms with Crippen LogP contribution in [0.3, 0.4) is 0 Å². The Balaban J connectivity index is 2.30. The van der Waals surface area contributed by atoms with Gasteiger partial charge in [-0.25, -0.2) is 0 Å². The number of nitrogens with zero attached hydrogens (tertiary/aromatic N) is 2. The second-order valence-corrected chi connectivity index (χ2v) is 4.96. The number of rotatable bonds is 0.